The quantitative estimate of drug-likeness (QED) is 0.244. The number of hydrogen-bond donors (Lipinski definition) is 1. The zero-order valence-corrected chi connectivity index (χ0v) is 21.5. The molecule has 1 N–H and O–H groups in total. The van der Waals surface area contributed by atoms with Crippen LogP contribution in [0.1, 0.15) is 43.0 Å². The maximum absolute atomic E-state index is 12.7. The van der Waals surface area contributed by atoms with Gasteiger partial charge in [-0.15, -0.1) is 0 Å². The summed E-state index contributed by atoms with van der Waals surface area (Å²) in [7, 11) is 0. The van der Waals surface area contributed by atoms with E-state index >= 15 is 0 Å². The van der Waals surface area contributed by atoms with Crippen molar-refractivity contribution >= 4 is 34.5 Å². The molecule has 0 aliphatic carbocycles. The Bertz CT molecular complexity index is 1300. The fourth-order valence-corrected chi connectivity index (χ4v) is 5.20. The SMILES string of the molecule is CCCSc1nc(N2CCCCC2)c2cnn(CCNC(=O)c3ccc(-c4ccccc4)cc3)c2n1. The van der Waals surface area contributed by atoms with Crippen LogP contribution in [0.3, 0.4) is 0 Å². The summed E-state index contributed by atoms with van der Waals surface area (Å²) in [6, 6.07) is 17.9. The van der Waals surface area contributed by atoms with Crippen LogP contribution in [0.5, 0.6) is 0 Å². The van der Waals surface area contributed by atoms with Gasteiger partial charge in [0.15, 0.2) is 10.8 Å². The van der Waals surface area contributed by atoms with Crippen molar-refractivity contribution in [3.8, 4) is 11.1 Å². The lowest BCUT2D eigenvalue weighted by atomic mass is 10.0. The third-order valence-corrected chi connectivity index (χ3v) is 7.46. The van der Waals surface area contributed by atoms with E-state index in [0.717, 1.165) is 58.4 Å². The Labute approximate surface area is 216 Å². The summed E-state index contributed by atoms with van der Waals surface area (Å²) in [5, 5.41) is 9.43. The molecule has 0 bridgehead atoms. The Balaban J connectivity index is 1.28. The van der Waals surface area contributed by atoms with Crippen LogP contribution in [-0.4, -0.2) is 51.0 Å². The van der Waals surface area contributed by atoms with Gasteiger partial charge in [0, 0.05) is 31.0 Å². The predicted molar refractivity (Wildman–Crippen MR) is 147 cm³/mol. The van der Waals surface area contributed by atoms with Gasteiger partial charge in [0.25, 0.3) is 5.91 Å². The maximum atomic E-state index is 12.7. The molecular formula is C28H32N6OS. The van der Waals surface area contributed by atoms with Crippen LogP contribution in [0, 0.1) is 0 Å². The molecule has 0 spiro atoms. The Morgan fingerprint density at radius 2 is 1.72 bits per heavy atom. The van der Waals surface area contributed by atoms with Gasteiger partial charge in [-0.05, 0) is 48.9 Å². The van der Waals surface area contributed by atoms with Gasteiger partial charge in [-0.25, -0.2) is 14.6 Å². The summed E-state index contributed by atoms with van der Waals surface area (Å²) in [5.41, 5.74) is 3.71. The molecule has 0 unspecified atom stereocenters. The van der Waals surface area contributed by atoms with E-state index < -0.39 is 0 Å². The van der Waals surface area contributed by atoms with E-state index in [0.29, 0.717) is 18.7 Å². The maximum Gasteiger partial charge on any atom is 0.251 e. The predicted octanol–water partition coefficient (Wildman–Crippen LogP) is 5.42. The minimum atomic E-state index is -0.0890. The zero-order chi connectivity index (χ0) is 24.7. The first kappa shape index (κ1) is 24.3. The van der Waals surface area contributed by atoms with Gasteiger partial charge >= 0.3 is 0 Å². The first-order valence-corrected chi connectivity index (χ1v) is 13.8. The summed E-state index contributed by atoms with van der Waals surface area (Å²) in [6.45, 7) is 5.23. The molecule has 7 nitrogen and oxygen atoms in total. The number of benzene rings is 2. The number of rotatable bonds is 9. The van der Waals surface area contributed by atoms with E-state index in [2.05, 4.69) is 34.4 Å². The van der Waals surface area contributed by atoms with Gasteiger partial charge in [-0.1, -0.05) is 61.2 Å². The summed E-state index contributed by atoms with van der Waals surface area (Å²) in [4.78, 5) is 24.9. The summed E-state index contributed by atoms with van der Waals surface area (Å²) in [5.74, 6) is 1.89. The molecule has 1 amide bonds. The standard InChI is InChI=1S/C28H32N6OS/c1-2-19-36-28-31-25(33-16-7-4-8-17-33)24-20-30-34(26(24)32-28)18-15-29-27(35)23-13-11-22(12-14-23)21-9-5-3-6-10-21/h3,5-6,9-14,20H,2,4,7-8,15-19H2,1H3,(H,29,35). The number of piperidine rings is 1. The molecule has 186 valence electrons. The van der Waals surface area contributed by atoms with Gasteiger partial charge < -0.3 is 10.2 Å². The molecule has 3 heterocycles. The molecule has 1 aliphatic heterocycles. The molecule has 8 heteroatoms. The van der Waals surface area contributed by atoms with Crippen molar-refractivity contribution in [1.82, 2.24) is 25.1 Å². The molecule has 1 saturated heterocycles. The average Bonchev–Trinajstić information content (AvgIpc) is 3.35. The van der Waals surface area contributed by atoms with Crippen LogP contribution in [-0.2, 0) is 6.54 Å². The van der Waals surface area contributed by atoms with Crippen molar-refractivity contribution in [2.75, 3.05) is 30.3 Å². The number of carbonyl (C=O) groups is 1. The molecule has 0 atom stereocenters. The van der Waals surface area contributed by atoms with Crippen LogP contribution in [0.4, 0.5) is 5.82 Å². The largest absolute Gasteiger partial charge is 0.356 e. The minimum Gasteiger partial charge on any atom is -0.356 e. The molecule has 2 aromatic carbocycles. The highest BCUT2D eigenvalue weighted by Crippen LogP contribution is 2.29. The highest BCUT2D eigenvalue weighted by molar-refractivity contribution is 7.99. The van der Waals surface area contributed by atoms with Crippen molar-refractivity contribution in [3.63, 3.8) is 0 Å². The number of nitrogens with zero attached hydrogens (tertiary/aromatic N) is 5. The van der Waals surface area contributed by atoms with Gasteiger partial charge in [0.2, 0.25) is 0 Å². The third kappa shape index (κ3) is 5.54. The molecule has 5 rings (SSSR count). The van der Waals surface area contributed by atoms with Crippen molar-refractivity contribution in [1.29, 1.82) is 0 Å². The van der Waals surface area contributed by atoms with Crippen molar-refractivity contribution in [3.05, 3.63) is 66.4 Å². The van der Waals surface area contributed by atoms with Gasteiger partial charge in [-0.2, -0.15) is 5.10 Å². The lowest BCUT2D eigenvalue weighted by Crippen LogP contribution is -2.30. The number of thioether (sulfide) groups is 1. The molecular weight excluding hydrogens is 468 g/mol. The summed E-state index contributed by atoms with van der Waals surface area (Å²) >= 11 is 1.69. The second kappa shape index (κ2) is 11.6. The van der Waals surface area contributed by atoms with Crippen LogP contribution in [0.15, 0.2) is 66.0 Å². The van der Waals surface area contributed by atoms with Crippen molar-refractivity contribution in [2.45, 2.75) is 44.3 Å². The highest BCUT2D eigenvalue weighted by Gasteiger charge is 2.20. The van der Waals surface area contributed by atoms with E-state index in [-0.39, 0.29) is 5.91 Å². The third-order valence-electron chi connectivity index (χ3n) is 6.41. The fourth-order valence-electron chi connectivity index (χ4n) is 4.51. The van der Waals surface area contributed by atoms with Gasteiger partial charge in [-0.3, -0.25) is 4.79 Å². The molecule has 0 saturated carbocycles. The molecule has 1 aliphatic rings. The second-order valence-corrected chi connectivity index (χ2v) is 10.1. The van der Waals surface area contributed by atoms with E-state index in [1.807, 2.05) is 53.3 Å². The first-order valence-electron chi connectivity index (χ1n) is 12.8. The second-order valence-electron chi connectivity index (χ2n) is 9.03. The number of anilines is 1. The number of fused-ring (bicyclic) bond motifs is 1. The number of nitrogens with one attached hydrogen (secondary N) is 1. The number of aromatic nitrogens is 4. The number of carbonyl (C=O) groups excluding carboxylic acids is 1. The molecule has 0 radical (unpaired) electrons. The normalized spacial score (nSPS) is 13.8. The smallest absolute Gasteiger partial charge is 0.251 e. The monoisotopic (exact) mass is 500 g/mol. The van der Waals surface area contributed by atoms with E-state index in [1.54, 1.807) is 11.8 Å². The van der Waals surface area contributed by atoms with Crippen molar-refractivity contribution in [2.24, 2.45) is 0 Å². The lowest BCUT2D eigenvalue weighted by Gasteiger charge is -2.28. The Hall–Kier alpha value is -3.39. The van der Waals surface area contributed by atoms with E-state index in [9.17, 15) is 4.79 Å². The van der Waals surface area contributed by atoms with Crippen LogP contribution in [0.2, 0.25) is 0 Å². The van der Waals surface area contributed by atoms with Crippen LogP contribution in [0.25, 0.3) is 22.2 Å². The Morgan fingerprint density at radius 3 is 2.47 bits per heavy atom. The summed E-state index contributed by atoms with van der Waals surface area (Å²) < 4.78 is 1.89. The molecule has 1 fully saturated rings. The van der Waals surface area contributed by atoms with Crippen molar-refractivity contribution < 1.29 is 4.79 Å². The Kier molecular flexibility index (Phi) is 7.81. The zero-order valence-electron chi connectivity index (χ0n) is 20.7. The number of amides is 1. The topological polar surface area (TPSA) is 75.9 Å². The van der Waals surface area contributed by atoms with Crippen LogP contribution >= 0.6 is 11.8 Å². The lowest BCUT2D eigenvalue weighted by molar-refractivity contribution is 0.0952. The molecule has 36 heavy (non-hydrogen) atoms. The minimum absolute atomic E-state index is 0.0890. The van der Waals surface area contributed by atoms with Gasteiger partial charge in [0.05, 0.1) is 18.1 Å². The highest BCUT2D eigenvalue weighted by atomic mass is 32.2. The van der Waals surface area contributed by atoms with Crippen LogP contribution < -0.4 is 10.2 Å². The number of hydrogen-bond acceptors (Lipinski definition) is 6. The fraction of sp³-hybridized carbons (Fsp3) is 0.357. The van der Waals surface area contributed by atoms with E-state index in [1.165, 1.54) is 19.3 Å². The average molecular weight is 501 g/mol. The molecule has 4 aromatic rings. The molecule has 2 aromatic heterocycles. The Morgan fingerprint density at radius 1 is 0.972 bits per heavy atom. The van der Waals surface area contributed by atoms with E-state index in [4.69, 9.17) is 9.97 Å². The van der Waals surface area contributed by atoms with Gasteiger partial charge in [0.1, 0.15) is 5.82 Å². The first-order chi connectivity index (χ1) is 17.7. The summed E-state index contributed by atoms with van der Waals surface area (Å²) in [6.07, 6.45) is 6.60.